The van der Waals surface area contributed by atoms with Crippen molar-refractivity contribution < 1.29 is 0 Å². The molecule has 1 saturated carbocycles. The molecule has 0 spiro atoms. The van der Waals surface area contributed by atoms with Crippen molar-refractivity contribution in [1.82, 2.24) is 10.3 Å². The summed E-state index contributed by atoms with van der Waals surface area (Å²) in [7, 11) is 1.99. The lowest BCUT2D eigenvalue weighted by molar-refractivity contribution is 0.373. The predicted molar refractivity (Wildman–Crippen MR) is 76.6 cm³/mol. The summed E-state index contributed by atoms with van der Waals surface area (Å²) in [5.41, 5.74) is 7.04. The molecule has 4 heteroatoms. The van der Waals surface area contributed by atoms with Crippen molar-refractivity contribution in [3.05, 3.63) is 22.8 Å². The maximum atomic E-state index is 6.03. The van der Waals surface area contributed by atoms with Gasteiger partial charge in [0.15, 0.2) is 0 Å². The lowest BCUT2D eigenvalue weighted by Gasteiger charge is -2.24. The van der Waals surface area contributed by atoms with Gasteiger partial charge in [-0.15, -0.1) is 0 Å². The van der Waals surface area contributed by atoms with Crippen LogP contribution >= 0.6 is 11.6 Å². The molecule has 3 atom stereocenters. The van der Waals surface area contributed by atoms with E-state index in [4.69, 9.17) is 17.3 Å². The Kier molecular flexibility index (Phi) is 4.46. The monoisotopic (exact) mass is 267 g/mol. The molecule has 18 heavy (non-hydrogen) atoms. The number of rotatable bonds is 4. The Morgan fingerprint density at radius 1 is 1.56 bits per heavy atom. The average molecular weight is 268 g/mol. The topological polar surface area (TPSA) is 50.9 Å². The Morgan fingerprint density at radius 2 is 2.33 bits per heavy atom. The van der Waals surface area contributed by atoms with Crippen LogP contribution in [0.2, 0.25) is 5.02 Å². The normalized spacial score (nSPS) is 25.3. The van der Waals surface area contributed by atoms with Gasteiger partial charge in [0.2, 0.25) is 0 Å². The molecule has 3 unspecified atom stereocenters. The number of nitrogens with two attached hydrogens (primary N) is 1. The van der Waals surface area contributed by atoms with Gasteiger partial charge in [0.05, 0.1) is 5.02 Å². The molecule has 0 amide bonds. The molecule has 1 heterocycles. The second kappa shape index (κ2) is 5.89. The molecular weight excluding hydrogens is 246 g/mol. The van der Waals surface area contributed by atoms with Crippen LogP contribution in [0.25, 0.3) is 0 Å². The maximum absolute atomic E-state index is 6.03. The van der Waals surface area contributed by atoms with Gasteiger partial charge in [-0.05, 0) is 37.8 Å². The maximum Gasteiger partial charge on any atom is 0.128 e. The molecule has 2 rings (SSSR count). The molecule has 1 fully saturated rings. The van der Waals surface area contributed by atoms with Gasteiger partial charge in [-0.1, -0.05) is 31.4 Å². The van der Waals surface area contributed by atoms with Gasteiger partial charge < -0.3 is 11.1 Å². The highest BCUT2D eigenvalue weighted by atomic mass is 35.5. The van der Waals surface area contributed by atoms with E-state index < -0.39 is 0 Å². The van der Waals surface area contributed by atoms with Crippen LogP contribution in [-0.4, -0.2) is 12.0 Å². The first kappa shape index (κ1) is 13.6. The molecule has 1 aliphatic carbocycles. The molecule has 0 bridgehead atoms. The molecule has 1 aromatic heterocycles. The number of nitrogens with one attached hydrogen (secondary N) is 1. The van der Waals surface area contributed by atoms with Crippen LogP contribution in [0.3, 0.4) is 0 Å². The first-order valence-electron chi connectivity index (χ1n) is 6.73. The second-order valence-corrected chi connectivity index (χ2v) is 5.68. The number of aromatic nitrogens is 1. The average Bonchev–Trinajstić information content (AvgIpc) is 2.83. The number of anilines is 1. The van der Waals surface area contributed by atoms with E-state index >= 15 is 0 Å². The molecule has 1 aromatic rings. The van der Waals surface area contributed by atoms with Gasteiger partial charge in [0.1, 0.15) is 5.82 Å². The van der Waals surface area contributed by atoms with E-state index in [9.17, 15) is 0 Å². The van der Waals surface area contributed by atoms with Gasteiger partial charge in [-0.25, -0.2) is 4.98 Å². The van der Waals surface area contributed by atoms with Crippen LogP contribution in [-0.2, 0) is 0 Å². The zero-order chi connectivity index (χ0) is 13.1. The van der Waals surface area contributed by atoms with E-state index in [0.29, 0.717) is 16.8 Å². The minimum absolute atomic E-state index is 0.271. The Morgan fingerprint density at radius 3 is 2.94 bits per heavy atom. The van der Waals surface area contributed by atoms with E-state index in [-0.39, 0.29) is 6.04 Å². The van der Waals surface area contributed by atoms with Gasteiger partial charge in [0, 0.05) is 17.8 Å². The molecule has 0 radical (unpaired) electrons. The van der Waals surface area contributed by atoms with E-state index in [1.54, 1.807) is 6.20 Å². The van der Waals surface area contributed by atoms with Gasteiger partial charge >= 0.3 is 0 Å². The largest absolute Gasteiger partial charge is 0.383 e. The summed E-state index contributed by atoms with van der Waals surface area (Å²) in [6, 6.07) is 2.22. The van der Waals surface area contributed by atoms with Crippen molar-refractivity contribution in [3.8, 4) is 0 Å². The van der Waals surface area contributed by atoms with E-state index in [1.807, 2.05) is 13.1 Å². The quantitative estimate of drug-likeness (QED) is 0.879. The SMILES string of the molecule is CCC1CCC(C(NC)c2cc(Cl)cnc2N)C1. The van der Waals surface area contributed by atoms with Gasteiger partial charge in [-0.2, -0.15) is 0 Å². The minimum atomic E-state index is 0.271. The molecule has 3 N–H and O–H groups in total. The van der Waals surface area contributed by atoms with Gasteiger partial charge in [-0.3, -0.25) is 0 Å². The molecule has 0 saturated heterocycles. The minimum Gasteiger partial charge on any atom is -0.383 e. The first-order valence-corrected chi connectivity index (χ1v) is 7.11. The van der Waals surface area contributed by atoms with E-state index in [1.165, 1.54) is 25.7 Å². The fourth-order valence-electron chi connectivity index (χ4n) is 3.15. The Labute approximate surface area is 114 Å². The Bertz CT molecular complexity index is 408. The predicted octanol–water partition coefficient (Wildman–Crippen LogP) is 3.40. The fraction of sp³-hybridized carbons (Fsp3) is 0.643. The standard InChI is InChI=1S/C14H22ClN3/c1-3-9-4-5-10(6-9)13(17-2)12-7-11(15)8-18-14(12)16/h7-10,13,17H,3-6H2,1-2H3,(H2,16,18). The van der Waals surface area contributed by atoms with Crippen LogP contribution < -0.4 is 11.1 Å². The van der Waals surface area contributed by atoms with Crippen LogP contribution in [0.4, 0.5) is 5.82 Å². The highest BCUT2D eigenvalue weighted by Crippen LogP contribution is 2.41. The summed E-state index contributed by atoms with van der Waals surface area (Å²) < 4.78 is 0. The summed E-state index contributed by atoms with van der Waals surface area (Å²) in [6.07, 6.45) is 6.74. The smallest absolute Gasteiger partial charge is 0.128 e. The number of hydrogen-bond donors (Lipinski definition) is 2. The molecule has 100 valence electrons. The molecule has 3 nitrogen and oxygen atoms in total. The number of nitrogen functional groups attached to an aromatic ring is 1. The third-order valence-electron chi connectivity index (χ3n) is 4.19. The summed E-state index contributed by atoms with van der Waals surface area (Å²) in [4.78, 5) is 4.16. The lowest BCUT2D eigenvalue weighted by Crippen LogP contribution is -2.25. The van der Waals surface area contributed by atoms with Crippen molar-refractivity contribution in [1.29, 1.82) is 0 Å². The Balaban J connectivity index is 2.20. The lowest BCUT2D eigenvalue weighted by atomic mass is 9.91. The molecular formula is C14H22ClN3. The fourth-order valence-corrected chi connectivity index (χ4v) is 3.31. The molecule has 1 aliphatic rings. The van der Waals surface area contributed by atoms with Crippen LogP contribution in [0, 0.1) is 11.8 Å². The number of nitrogens with zero attached hydrogens (tertiary/aromatic N) is 1. The van der Waals surface area contributed by atoms with Crippen molar-refractivity contribution in [2.24, 2.45) is 11.8 Å². The second-order valence-electron chi connectivity index (χ2n) is 5.24. The number of pyridine rings is 1. The Hall–Kier alpha value is -0.800. The van der Waals surface area contributed by atoms with Crippen molar-refractivity contribution >= 4 is 17.4 Å². The zero-order valence-corrected chi connectivity index (χ0v) is 11.9. The van der Waals surface area contributed by atoms with Crippen molar-refractivity contribution in [2.45, 2.75) is 38.6 Å². The van der Waals surface area contributed by atoms with Crippen LogP contribution in [0.15, 0.2) is 12.3 Å². The summed E-state index contributed by atoms with van der Waals surface area (Å²) in [5, 5.41) is 4.05. The third-order valence-corrected chi connectivity index (χ3v) is 4.40. The first-order chi connectivity index (χ1) is 8.65. The van der Waals surface area contributed by atoms with Gasteiger partial charge in [0.25, 0.3) is 0 Å². The number of hydrogen-bond acceptors (Lipinski definition) is 3. The van der Waals surface area contributed by atoms with E-state index in [0.717, 1.165) is 11.5 Å². The summed E-state index contributed by atoms with van der Waals surface area (Å²) in [5.74, 6) is 2.10. The van der Waals surface area contributed by atoms with Crippen molar-refractivity contribution in [3.63, 3.8) is 0 Å². The van der Waals surface area contributed by atoms with Crippen molar-refractivity contribution in [2.75, 3.05) is 12.8 Å². The number of halogens is 1. The highest BCUT2D eigenvalue weighted by molar-refractivity contribution is 6.30. The zero-order valence-electron chi connectivity index (χ0n) is 11.1. The molecule has 0 aromatic carbocycles. The summed E-state index contributed by atoms with van der Waals surface area (Å²) >= 11 is 6.03. The van der Waals surface area contributed by atoms with Crippen LogP contribution in [0.5, 0.6) is 0 Å². The molecule has 0 aliphatic heterocycles. The highest BCUT2D eigenvalue weighted by Gasteiger charge is 2.31. The summed E-state index contributed by atoms with van der Waals surface area (Å²) in [6.45, 7) is 2.27. The van der Waals surface area contributed by atoms with E-state index in [2.05, 4.69) is 17.2 Å². The van der Waals surface area contributed by atoms with Crippen LogP contribution in [0.1, 0.15) is 44.2 Å². The third kappa shape index (κ3) is 2.78.